The Hall–Kier alpha value is -1.52. The van der Waals surface area contributed by atoms with E-state index in [1.165, 1.54) is 0 Å². The molecule has 0 saturated carbocycles. The molecule has 2 aromatic carbocycles. The van der Waals surface area contributed by atoms with Gasteiger partial charge in [-0.25, -0.2) is 0 Å². The number of hydrogen-bond acceptors (Lipinski definition) is 3. The Kier molecular flexibility index (Phi) is 5.04. The maximum atomic E-state index is 9.44. The summed E-state index contributed by atoms with van der Waals surface area (Å²) in [6.07, 6.45) is -0.457. The molecule has 0 heterocycles. The van der Waals surface area contributed by atoms with Gasteiger partial charge in [0.25, 0.3) is 0 Å². The highest BCUT2D eigenvalue weighted by molar-refractivity contribution is 9.10. The Labute approximate surface area is 127 Å². The van der Waals surface area contributed by atoms with Crippen LogP contribution in [0.4, 0.5) is 0 Å². The van der Waals surface area contributed by atoms with Crippen LogP contribution in [0.3, 0.4) is 0 Å². The normalized spacial score (nSPS) is 12.0. The molecule has 1 N–H and O–H groups in total. The third-order valence-corrected chi connectivity index (χ3v) is 3.60. The Morgan fingerprint density at radius 3 is 2.40 bits per heavy atom. The van der Waals surface area contributed by atoms with Crippen molar-refractivity contribution in [2.24, 2.45) is 0 Å². The van der Waals surface area contributed by atoms with Crippen LogP contribution >= 0.6 is 15.9 Å². The second-order valence-corrected chi connectivity index (χ2v) is 5.36. The van der Waals surface area contributed by atoms with Crippen LogP contribution in [0.1, 0.15) is 24.2 Å². The van der Waals surface area contributed by atoms with Crippen LogP contribution in [0.5, 0.6) is 11.5 Å². The van der Waals surface area contributed by atoms with Crippen LogP contribution in [-0.4, -0.2) is 12.2 Å². The van der Waals surface area contributed by atoms with Crippen LogP contribution in [0.25, 0.3) is 0 Å². The number of benzene rings is 2. The van der Waals surface area contributed by atoms with Crippen LogP contribution in [0, 0.1) is 0 Å². The fourth-order valence-electron chi connectivity index (χ4n) is 1.81. The highest BCUT2D eigenvalue weighted by Gasteiger charge is 2.03. The standard InChI is InChI=1S/C16H17BrO3/c1-11(18)13-4-6-14(7-5-13)20-10-12-3-8-16(19-2)15(17)9-12/h3-9,11,18H,10H2,1-2H3/t11-/m1/s1. The van der Waals surface area contributed by atoms with Gasteiger partial charge in [0.2, 0.25) is 0 Å². The van der Waals surface area contributed by atoms with Gasteiger partial charge in [0.1, 0.15) is 18.1 Å². The number of halogens is 1. The number of aliphatic hydroxyl groups excluding tert-OH is 1. The molecular weight excluding hydrogens is 320 g/mol. The molecule has 0 aliphatic rings. The van der Waals surface area contributed by atoms with Crippen molar-refractivity contribution in [1.82, 2.24) is 0 Å². The van der Waals surface area contributed by atoms with E-state index in [9.17, 15) is 5.11 Å². The van der Waals surface area contributed by atoms with Gasteiger partial charge < -0.3 is 14.6 Å². The van der Waals surface area contributed by atoms with E-state index in [0.717, 1.165) is 27.1 Å². The molecule has 0 spiro atoms. The lowest BCUT2D eigenvalue weighted by Crippen LogP contribution is -1.97. The second kappa shape index (κ2) is 6.77. The number of rotatable bonds is 5. The van der Waals surface area contributed by atoms with Gasteiger partial charge in [0.15, 0.2) is 0 Å². The van der Waals surface area contributed by atoms with Crippen LogP contribution in [-0.2, 0) is 6.61 Å². The summed E-state index contributed by atoms with van der Waals surface area (Å²) < 4.78 is 11.8. The molecule has 0 radical (unpaired) electrons. The lowest BCUT2D eigenvalue weighted by molar-refractivity contribution is 0.199. The molecule has 0 bridgehead atoms. The van der Waals surface area contributed by atoms with Crippen molar-refractivity contribution < 1.29 is 14.6 Å². The van der Waals surface area contributed by atoms with E-state index in [1.54, 1.807) is 14.0 Å². The molecule has 0 aliphatic carbocycles. The summed E-state index contributed by atoms with van der Waals surface area (Å²) >= 11 is 3.45. The maximum Gasteiger partial charge on any atom is 0.133 e. The highest BCUT2D eigenvalue weighted by Crippen LogP contribution is 2.26. The second-order valence-electron chi connectivity index (χ2n) is 4.50. The fraction of sp³-hybridized carbons (Fsp3) is 0.250. The molecule has 0 amide bonds. The van der Waals surface area contributed by atoms with E-state index in [0.29, 0.717) is 6.61 Å². The molecule has 0 aliphatic heterocycles. The van der Waals surface area contributed by atoms with E-state index in [-0.39, 0.29) is 0 Å². The fourth-order valence-corrected chi connectivity index (χ4v) is 2.40. The first-order valence-corrected chi connectivity index (χ1v) is 7.12. The average Bonchev–Trinajstić information content (AvgIpc) is 2.45. The molecular formula is C16H17BrO3. The van der Waals surface area contributed by atoms with E-state index in [2.05, 4.69) is 15.9 Å². The third kappa shape index (κ3) is 3.74. The van der Waals surface area contributed by atoms with Crippen molar-refractivity contribution in [3.05, 3.63) is 58.1 Å². The summed E-state index contributed by atoms with van der Waals surface area (Å²) in [5.41, 5.74) is 1.93. The molecule has 3 nitrogen and oxygen atoms in total. The zero-order chi connectivity index (χ0) is 14.5. The summed E-state index contributed by atoms with van der Waals surface area (Å²) in [5, 5.41) is 9.44. The Bertz CT molecular complexity index is 564. The van der Waals surface area contributed by atoms with Crippen molar-refractivity contribution in [3.63, 3.8) is 0 Å². The van der Waals surface area contributed by atoms with Crippen LogP contribution in [0.15, 0.2) is 46.9 Å². The topological polar surface area (TPSA) is 38.7 Å². The summed E-state index contributed by atoms with van der Waals surface area (Å²) in [6.45, 7) is 2.22. The monoisotopic (exact) mass is 336 g/mol. The average molecular weight is 337 g/mol. The molecule has 1 atom stereocenters. The van der Waals surface area contributed by atoms with E-state index in [1.807, 2.05) is 42.5 Å². The van der Waals surface area contributed by atoms with E-state index in [4.69, 9.17) is 9.47 Å². The first-order chi connectivity index (χ1) is 9.60. The third-order valence-electron chi connectivity index (χ3n) is 2.98. The summed E-state index contributed by atoms with van der Waals surface area (Å²) in [5.74, 6) is 1.58. The van der Waals surface area contributed by atoms with Crippen LogP contribution in [0.2, 0.25) is 0 Å². The SMILES string of the molecule is COc1ccc(COc2ccc([C@@H](C)O)cc2)cc1Br. The summed E-state index contributed by atoms with van der Waals surface area (Å²) in [6, 6.07) is 13.3. The van der Waals surface area contributed by atoms with Gasteiger partial charge in [0.05, 0.1) is 17.7 Å². The molecule has 106 valence electrons. The van der Waals surface area contributed by atoms with Gasteiger partial charge in [-0.2, -0.15) is 0 Å². The van der Waals surface area contributed by atoms with Gasteiger partial charge in [-0.1, -0.05) is 18.2 Å². The molecule has 0 unspecified atom stereocenters. The molecule has 0 saturated heterocycles. The molecule has 20 heavy (non-hydrogen) atoms. The van der Waals surface area contributed by atoms with Gasteiger partial charge in [-0.15, -0.1) is 0 Å². The van der Waals surface area contributed by atoms with Gasteiger partial charge in [-0.3, -0.25) is 0 Å². The quantitative estimate of drug-likeness (QED) is 0.893. The zero-order valence-corrected chi connectivity index (χ0v) is 13.1. The molecule has 2 aromatic rings. The predicted octanol–water partition coefficient (Wildman–Crippen LogP) is 4.09. The minimum absolute atomic E-state index is 0.457. The number of aliphatic hydroxyl groups is 1. The number of hydrogen-bond donors (Lipinski definition) is 1. The lowest BCUT2D eigenvalue weighted by Gasteiger charge is -2.10. The molecule has 0 aromatic heterocycles. The molecule has 2 rings (SSSR count). The van der Waals surface area contributed by atoms with Gasteiger partial charge in [0, 0.05) is 0 Å². The minimum atomic E-state index is -0.457. The Balaban J connectivity index is 1.99. The van der Waals surface area contributed by atoms with Crippen molar-refractivity contribution in [2.75, 3.05) is 7.11 Å². The van der Waals surface area contributed by atoms with Gasteiger partial charge in [-0.05, 0) is 58.2 Å². The number of methoxy groups -OCH3 is 1. The highest BCUT2D eigenvalue weighted by atomic mass is 79.9. The molecule has 0 fully saturated rings. The predicted molar refractivity (Wildman–Crippen MR) is 82.1 cm³/mol. The maximum absolute atomic E-state index is 9.44. The van der Waals surface area contributed by atoms with Crippen molar-refractivity contribution in [2.45, 2.75) is 19.6 Å². The first kappa shape index (κ1) is 14.9. The minimum Gasteiger partial charge on any atom is -0.496 e. The molecule has 4 heteroatoms. The van der Waals surface area contributed by atoms with Gasteiger partial charge >= 0.3 is 0 Å². The Morgan fingerprint density at radius 2 is 1.85 bits per heavy atom. The van der Waals surface area contributed by atoms with Crippen LogP contribution < -0.4 is 9.47 Å². The van der Waals surface area contributed by atoms with E-state index < -0.39 is 6.10 Å². The largest absolute Gasteiger partial charge is 0.496 e. The summed E-state index contributed by atoms with van der Waals surface area (Å²) in [7, 11) is 1.64. The zero-order valence-electron chi connectivity index (χ0n) is 11.5. The number of ether oxygens (including phenoxy) is 2. The van der Waals surface area contributed by atoms with Crippen molar-refractivity contribution in [3.8, 4) is 11.5 Å². The lowest BCUT2D eigenvalue weighted by atomic mass is 10.1. The first-order valence-electron chi connectivity index (χ1n) is 6.33. The summed E-state index contributed by atoms with van der Waals surface area (Å²) in [4.78, 5) is 0. The van der Waals surface area contributed by atoms with Crippen molar-refractivity contribution in [1.29, 1.82) is 0 Å². The smallest absolute Gasteiger partial charge is 0.133 e. The Morgan fingerprint density at radius 1 is 1.15 bits per heavy atom. The van der Waals surface area contributed by atoms with E-state index >= 15 is 0 Å². The van der Waals surface area contributed by atoms with Crippen molar-refractivity contribution >= 4 is 15.9 Å².